The van der Waals surface area contributed by atoms with Crippen molar-refractivity contribution in [3.63, 3.8) is 0 Å². The summed E-state index contributed by atoms with van der Waals surface area (Å²) in [7, 11) is 0. The van der Waals surface area contributed by atoms with E-state index in [1.54, 1.807) is 23.1 Å². The highest BCUT2D eigenvalue weighted by Crippen LogP contribution is 2.39. The summed E-state index contributed by atoms with van der Waals surface area (Å²) in [6.07, 6.45) is 3.92. The van der Waals surface area contributed by atoms with Gasteiger partial charge < -0.3 is 18.8 Å². The molecule has 0 saturated carbocycles. The molecule has 2 unspecified atom stereocenters. The number of hydrogen-bond donors (Lipinski definition) is 0. The SMILES string of the molecule is CCCCOc1ccc(C2c3c(oc4ccccc4c3=O)C(=O)N2CC2CCCO2)cc1. The van der Waals surface area contributed by atoms with Gasteiger partial charge in [0.2, 0.25) is 5.76 Å². The number of carbonyl (C=O) groups is 1. The summed E-state index contributed by atoms with van der Waals surface area (Å²) in [4.78, 5) is 28.6. The van der Waals surface area contributed by atoms with Crippen molar-refractivity contribution in [3.8, 4) is 5.75 Å². The third-order valence-electron chi connectivity index (χ3n) is 6.26. The van der Waals surface area contributed by atoms with E-state index >= 15 is 0 Å². The number of ether oxygens (including phenoxy) is 2. The van der Waals surface area contributed by atoms with E-state index < -0.39 is 6.04 Å². The number of nitrogens with zero attached hydrogens (tertiary/aromatic N) is 1. The summed E-state index contributed by atoms with van der Waals surface area (Å²) in [6.45, 7) is 3.92. The highest BCUT2D eigenvalue weighted by molar-refractivity contribution is 5.99. The van der Waals surface area contributed by atoms with Gasteiger partial charge in [0.25, 0.3) is 5.91 Å². The van der Waals surface area contributed by atoms with Crippen LogP contribution in [0.5, 0.6) is 5.75 Å². The van der Waals surface area contributed by atoms with Crippen molar-refractivity contribution in [2.75, 3.05) is 19.8 Å². The molecule has 5 rings (SSSR count). The van der Waals surface area contributed by atoms with Crippen molar-refractivity contribution in [2.45, 2.75) is 44.8 Å². The van der Waals surface area contributed by atoms with E-state index in [-0.39, 0.29) is 23.2 Å². The molecule has 0 aliphatic carbocycles. The minimum absolute atomic E-state index is 0.0306. The average Bonchev–Trinajstić information content (AvgIpc) is 3.42. The molecule has 3 aromatic rings. The fourth-order valence-corrected chi connectivity index (χ4v) is 4.59. The number of amides is 1. The zero-order valence-electron chi connectivity index (χ0n) is 18.2. The van der Waals surface area contributed by atoms with Crippen LogP contribution in [-0.4, -0.2) is 36.7 Å². The Hall–Kier alpha value is -3.12. The van der Waals surface area contributed by atoms with E-state index in [0.29, 0.717) is 36.3 Å². The predicted molar refractivity (Wildman–Crippen MR) is 121 cm³/mol. The molecule has 32 heavy (non-hydrogen) atoms. The normalized spacial score (nSPS) is 20.2. The van der Waals surface area contributed by atoms with Gasteiger partial charge in [0.1, 0.15) is 11.3 Å². The first-order chi connectivity index (χ1) is 15.7. The maximum atomic E-state index is 13.5. The lowest BCUT2D eigenvalue weighted by atomic mass is 9.98. The van der Waals surface area contributed by atoms with Crippen molar-refractivity contribution in [1.82, 2.24) is 4.90 Å². The first-order valence-electron chi connectivity index (χ1n) is 11.4. The van der Waals surface area contributed by atoms with Gasteiger partial charge in [-0.25, -0.2) is 0 Å². The largest absolute Gasteiger partial charge is 0.494 e. The molecule has 1 fully saturated rings. The Morgan fingerprint density at radius 2 is 1.91 bits per heavy atom. The lowest BCUT2D eigenvalue weighted by Crippen LogP contribution is -2.36. The molecule has 1 aromatic heterocycles. The molecular formula is C26H27NO5. The predicted octanol–water partition coefficient (Wildman–Crippen LogP) is 4.70. The molecule has 2 aromatic carbocycles. The summed E-state index contributed by atoms with van der Waals surface area (Å²) < 4.78 is 17.6. The Balaban J connectivity index is 1.57. The fraction of sp³-hybridized carbons (Fsp3) is 0.385. The van der Waals surface area contributed by atoms with Crippen molar-refractivity contribution in [1.29, 1.82) is 0 Å². The fourth-order valence-electron chi connectivity index (χ4n) is 4.59. The summed E-state index contributed by atoms with van der Waals surface area (Å²) in [6, 6.07) is 14.3. The van der Waals surface area contributed by atoms with Crippen LogP contribution in [0.2, 0.25) is 0 Å². The minimum Gasteiger partial charge on any atom is -0.494 e. The number of fused-ring (bicyclic) bond motifs is 2. The van der Waals surface area contributed by atoms with Crippen molar-refractivity contribution >= 4 is 16.9 Å². The van der Waals surface area contributed by atoms with Gasteiger partial charge in [0, 0.05) is 13.2 Å². The van der Waals surface area contributed by atoms with Crippen LogP contribution in [0.4, 0.5) is 0 Å². The van der Waals surface area contributed by atoms with Crippen LogP contribution in [0.15, 0.2) is 57.7 Å². The van der Waals surface area contributed by atoms with E-state index in [1.165, 1.54) is 0 Å². The molecule has 3 heterocycles. The highest BCUT2D eigenvalue weighted by Gasteiger charge is 2.43. The van der Waals surface area contributed by atoms with Crippen LogP contribution in [-0.2, 0) is 4.74 Å². The van der Waals surface area contributed by atoms with Crippen LogP contribution < -0.4 is 10.2 Å². The second-order valence-corrected chi connectivity index (χ2v) is 8.44. The standard InChI is InChI=1S/C26H27NO5/c1-2-3-14-30-18-12-10-17(11-13-18)23-22-24(28)20-8-4-5-9-21(20)32-25(22)26(29)27(23)16-19-7-6-15-31-19/h4-5,8-13,19,23H,2-3,6-7,14-16H2,1H3. The van der Waals surface area contributed by atoms with Crippen molar-refractivity contribution < 1.29 is 18.7 Å². The zero-order chi connectivity index (χ0) is 22.1. The molecule has 6 heteroatoms. The summed E-state index contributed by atoms with van der Waals surface area (Å²) in [5.74, 6) is 0.662. The first-order valence-corrected chi connectivity index (χ1v) is 11.4. The summed E-state index contributed by atoms with van der Waals surface area (Å²) in [5.41, 5.74) is 1.55. The number of para-hydroxylation sites is 1. The van der Waals surface area contributed by atoms with Gasteiger partial charge in [-0.1, -0.05) is 37.6 Å². The third kappa shape index (κ3) is 3.69. The van der Waals surface area contributed by atoms with Crippen molar-refractivity contribution in [3.05, 3.63) is 75.6 Å². The molecule has 2 aliphatic rings. The van der Waals surface area contributed by atoms with Crippen LogP contribution in [0.1, 0.15) is 60.3 Å². The van der Waals surface area contributed by atoms with Gasteiger partial charge in [-0.05, 0) is 49.1 Å². The second-order valence-electron chi connectivity index (χ2n) is 8.44. The van der Waals surface area contributed by atoms with Crippen LogP contribution >= 0.6 is 0 Å². The number of rotatable bonds is 7. The number of hydrogen-bond acceptors (Lipinski definition) is 5. The topological polar surface area (TPSA) is 69.0 Å². The third-order valence-corrected chi connectivity index (χ3v) is 6.26. The monoisotopic (exact) mass is 433 g/mol. The lowest BCUT2D eigenvalue weighted by Gasteiger charge is -2.27. The van der Waals surface area contributed by atoms with E-state index in [4.69, 9.17) is 13.9 Å². The van der Waals surface area contributed by atoms with E-state index in [2.05, 4.69) is 6.92 Å². The molecule has 166 valence electrons. The Kier molecular flexibility index (Phi) is 5.70. The molecule has 0 N–H and O–H groups in total. The van der Waals surface area contributed by atoms with E-state index in [0.717, 1.165) is 37.0 Å². The van der Waals surface area contributed by atoms with Crippen LogP contribution in [0.25, 0.3) is 11.0 Å². The van der Waals surface area contributed by atoms with Crippen LogP contribution in [0.3, 0.4) is 0 Å². The van der Waals surface area contributed by atoms with E-state index in [1.807, 2.05) is 30.3 Å². The Bertz CT molecular complexity index is 1180. The van der Waals surface area contributed by atoms with Gasteiger partial charge >= 0.3 is 0 Å². The molecule has 1 saturated heterocycles. The van der Waals surface area contributed by atoms with Gasteiger partial charge in [-0.2, -0.15) is 0 Å². The smallest absolute Gasteiger partial charge is 0.291 e. The van der Waals surface area contributed by atoms with Gasteiger partial charge in [-0.15, -0.1) is 0 Å². The Morgan fingerprint density at radius 1 is 1.09 bits per heavy atom. The van der Waals surface area contributed by atoms with Crippen LogP contribution in [0, 0.1) is 0 Å². The molecule has 0 bridgehead atoms. The van der Waals surface area contributed by atoms with E-state index in [9.17, 15) is 9.59 Å². The maximum Gasteiger partial charge on any atom is 0.291 e. The number of benzene rings is 2. The highest BCUT2D eigenvalue weighted by atomic mass is 16.5. The molecule has 0 radical (unpaired) electrons. The molecule has 2 atom stereocenters. The Labute approximate surface area is 186 Å². The molecule has 0 spiro atoms. The maximum absolute atomic E-state index is 13.5. The van der Waals surface area contributed by atoms with Gasteiger partial charge in [0.15, 0.2) is 5.43 Å². The first kappa shape index (κ1) is 20.8. The lowest BCUT2D eigenvalue weighted by molar-refractivity contribution is 0.0486. The molecular weight excluding hydrogens is 406 g/mol. The van der Waals surface area contributed by atoms with Crippen molar-refractivity contribution in [2.24, 2.45) is 0 Å². The minimum atomic E-state index is -0.507. The summed E-state index contributed by atoms with van der Waals surface area (Å²) in [5, 5.41) is 0.488. The average molecular weight is 434 g/mol. The molecule has 1 amide bonds. The Morgan fingerprint density at radius 3 is 2.66 bits per heavy atom. The van der Waals surface area contributed by atoms with Gasteiger partial charge in [0.05, 0.1) is 29.7 Å². The quantitative estimate of drug-likeness (QED) is 0.506. The van der Waals surface area contributed by atoms with Gasteiger partial charge in [-0.3, -0.25) is 9.59 Å². The molecule has 6 nitrogen and oxygen atoms in total. The number of carbonyl (C=O) groups excluding carboxylic acids is 1. The number of unbranched alkanes of at least 4 members (excludes halogenated alkanes) is 1. The zero-order valence-corrected chi connectivity index (χ0v) is 18.2. The summed E-state index contributed by atoms with van der Waals surface area (Å²) >= 11 is 0. The second kappa shape index (κ2) is 8.79. The molecule has 2 aliphatic heterocycles.